The molecule has 5 nitrogen and oxygen atoms in total. The zero-order chi connectivity index (χ0) is 18.0. The highest BCUT2D eigenvalue weighted by atomic mass is 32.2. The minimum Gasteiger partial charge on any atom is -0.310 e. The van der Waals surface area contributed by atoms with Crippen LogP contribution in [0.1, 0.15) is 50.5 Å². The molecule has 0 unspecified atom stereocenters. The van der Waals surface area contributed by atoms with Crippen molar-refractivity contribution < 1.29 is 8.42 Å². The van der Waals surface area contributed by atoms with Gasteiger partial charge in [0, 0.05) is 31.7 Å². The molecule has 1 aromatic carbocycles. The molecule has 0 amide bonds. The Labute approximate surface area is 157 Å². The molecular formula is C20H31N3O2S. The SMILES string of the molecule is O=S(=O)(N[C@H]1CCN(CC2CC2)C1)c1ccc(CNC2CCCC2)cc1. The highest BCUT2D eigenvalue weighted by molar-refractivity contribution is 7.89. The molecule has 1 aromatic rings. The smallest absolute Gasteiger partial charge is 0.240 e. The van der Waals surface area contributed by atoms with Gasteiger partial charge >= 0.3 is 0 Å². The zero-order valence-electron chi connectivity index (χ0n) is 15.5. The predicted molar refractivity (Wildman–Crippen MR) is 103 cm³/mol. The van der Waals surface area contributed by atoms with Crippen molar-refractivity contribution in [3.8, 4) is 0 Å². The average molecular weight is 378 g/mol. The van der Waals surface area contributed by atoms with Gasteiger partial charge in [-0.1, -0.05) is 25.0 Å². The molecule has 2 N–H and O–H groups in total. The van der Waals surface area contributed by atoms with Crippen molar-refractivity contribution in [2.45, 2.75) is 68.5 Å². The molecule has 0 radical (unpaired) electrons. The van der Waals surface area contributed by atoms with Crippen LogP contribution in [0.15, 0.2) is 29.2 Å². The highest BCUT2D eigenvalue weighted by Gasteiger charge is 2.31. The van der Waals surface area contributed by atoms with Crippen LogP contribution in [0.25, 0.3) is 0 Å². The summed E-state index contributed by atoms with van der Waals surface area (Å²) in [6.07, 6.45) is 8.75. The second kappa shape index (κ2) is 7.97. The number of rotatable bonds is 8. The van der Waals surface area contributed by atoms with Gasteiger partial charge in [0.2, 0.25) is 10.0 Å². The van der Waals surface area contributed by atoms with Crippen LogP contribution in [0.4, 0.5) is 0 Å². The lowest BCUT2D eigenvalue weighted by atomic mass is 10.2. The molecule has 0 bridgehead atoms. The Morgan fingerprint density at radius 3 is 2.38 bits per heavy atom. The number of nitrogens with one attached hydrogen (secondary N) is 2. The lowest BCUT2D eigenvalue weighted by Gasteiger charge is -2.16. The molecule has 1 aliphatic heterocycles. The third kappa shape index (κ3) is 4.85. The summed E-state index contributed by atoms with van der Waals surface area (Å²) >= 11 is 0. The zero-order valence-corrected chi connectivity index (χ0v) is 16.3. The summed E-state index contributed by atoms with van der Waals surface area (Å²) in [5, 5.41) is 3.57. The van der Waals surface area contributed by atoms with Gasteiger partial charge in [-0.15, -0.1) is 0 Å². The molecule has 2 saturated carbocycles. The quantitative estimate of drug-likeness (QED) is 0.731. The van der Waals surface area contributed by atoms with Gasteiger partial charge in [-0.05, 0) is 62.3 Å². The maximum absolute atomic E-state index is 12.7. The molecular weight excluding hydrogens is 346 g/mol. The van der Waals surface area contributed by atoms with E-state index in [0.717, 1.165) is 44.1 Å². The number of hydrogen-bond acceptors (Lipinski definition) is 4. The summed E-state index contributed by atoms with van der Waals surface area (Å²) in [6, 6.07) is 8.02. The monoisotopic (exact) mass is 377 g/mol. The van der Waals surface area contributed by atoms with Crippen LogP contribution in [0.2, 0.25) is 0 Å². The normalized spacial score (nSPS) is 25.2. The number of benzene rings is 1. The van der Waals surface area contributed by atoms with E-state index in [0.29, 0.717) is 10.9 Å². The van der Waals surface area contributed by atoms with E-state index in [2.05, 4.69) is 14.9 Å². The first kappa shape index (κ1) is 18.4. The molecule has 26 heavy (non-hydrogen) atoms. The number of likely N-dealkylation sites (tertiary alicyclic amines) is 1. The molecule has 1 atom stereocenters. The Hall–Kier alpha value is -0.950. The van der Waals surface area contributed by atoms with Crippen LogP contribution in [0.3, 0.4) is 0 Å². The first-order chi connectivity index (χ1) is 12.6. The maximum atomic E-state index is 12.7. The van der Waals surface area contributed by atoms with Gasteiger partial charge in [0.1, 0.15) is 0 Å². The Balaban J connectivity index is 1.29. The highest BCUT2D eigenvalue weighted by Crippen LogP contribution is 2.30. The standard InChI is InChI=1S/C20H31N3O2S/c24-26(25,22-19-11-12-23(15-19)14-17-5-6-17)20-9-7-16(8-10-20)13-21-18-3-1-2-4-18/h7-10,17-19,21-22H,1-6,11-15H2/t19-/m0/s1. The number of hydrogen-bond donors (Lipinski definition) is 2. The van der Waals surface area contributed by atoms with E-state index in [1.165, 1.54) is 38.5 Å². The van der Waals surface area contributed by atoms with Gasteiger partial charge < -0.3 is 10.2 Å². The van der Waals surface area contributed by atoms with Gasteiger partial charge in [-0.3, -0.25) is 0 Å². The third-order valence-electron chi connectivity index (χ3n) is 5.99. The molecule has 1 heterocycles. The fraction of sp³-hybridized carbons (Fsp3) is 0.700. The topological polar surface area (TPSA) is 61.4 Å². The fourth-order valence-electron chi connectivity index (χ4n) is 4.23. The van der Waals surface area contributed by atoms with Gasteiger partial charge in [0.05, 0.1) is 4.90 Å². The van der Waals surface area contributed by atoms with Crippen LogP contribution in [0, 0.1) is 5.92 Å². The van der Waals surface area contributed by atoms with E-state index >= 15 is 0 Å². The summed E-state index contributed by atoms with van der Waals surface area (Å²) in [5.41, 5.74) is 1.15. The number of sulfonamides is 1. The molecule has 4 rings (SSSR count). The fourth-order valence-corrected chi connectivity index (χ4v) is 5.49. The second-order valence-corrected chi connectivity index (χ2v) is 10.0. The van der Waals surface area contributed by atoms with E-state index in [4.69, 9.17) is 0 Å². The third-order valence-corrected chi connectivity index (χ3v) is 7.53. The van der Waals surface area contributed by atoms with Crippen LogP contribution in [-0.2, 0) is 16.6 Å². The summed E-state index contributed by atoms with van der Waals surface area (Å²) in [5.74, 6) is 0.857. The van der Waals surface area contributed by atoms with Gasteiger partial charge in [0.25, 0.3) is 0 Å². The van der Waals surface area contributed by atoms with Crippen molar-refractivity contribution in [3.63, 3.8) is 0 Å². The van der Waals surface area contributed by atoms with Gasteiger partial charge in [-0.25, -0.2) is 13.1 Å². The summed E-state index contributed by atoms with van der Waals surface area (Å²) in [4.78, 5) is 2.78. The van der Waals surface area contributed by atoms with E-state index in [-0.39, 0.29) is 6.04 Å². The Kier molecular flexibility index (Phi) is 5.64. The summed E-state index contributed by atoms with van der Waals surface area (Å²) in [7, 11) is -3.42. The van der Waals surface area contributed by atoms with Crippen molar-refractivity contribution in [2.24, 2.45) is 5.92 Å². The first-order valence-corrected chi connectivity index (χ1v) is 11.6. The van der Waals surface area contributed by atoms with Gasteiger partial charge in [-0.2, -0.15) is 0 Å². The minimum absolute atomic E-state index is 0.0439. The van der Waals surface area contributed by atoms with E-state index in [1.807, 2.05) is 12.1 Å². The van der Waals surface area contributed by atoms with Crippen LogP contribution in [-0.4, -0.2) is 45.0 Å². The van der Waals surface area contributed by atoms with Crippen LogP contribution < -0.4 is 10.0 Å². The van der Waals surface area contributed by atoms with Crippen molar-refractivity contribution >= 4 is 10.0 Å². The number of nitrogens with zero attached hydrogens (tertiary/aromatic N) is 1. The van der Waals surface area contributed by atoms with E-state index in [9.17, 15) is 8.42 Å². The minimum atomic E-state index is -3.42. The van der Waals surface area contributed by atoms with Crippen molar-refractivity contribution in [1.82, 2.24) is 14.9 Å². The average Bonchev–Trinajstić information content (AvgIpc) is 3.09. The Morgan fingerprint density at radius 1 is 0.962 bits per heavy atom. The van der Waals surface area contributed by atoms with E-state index in [1.54, 1.807) is 12.1 Å². The van der Waals surface area contributed by atoms with Crippen LogP contribution in [0.5, 0.6) is 0 Å². The van der Waals surface area contributed by atoms with Gasteiger partial charge in [0.15, 0.2) is 0 Å². The van der Waals surface area contributed by atoms with Crippen molar-refractivity contribution in [3.05, 3.63) is 29.8 Å². The maximum Gasteiger partial charge on any atom is 0.240 e. The lowest BCUT2D eigenvalue weighted by molar-refractivity contribution is 0.318. The molecule has 144 valence electrons. The predicted octanol–water partition coefficient (Wildman–Crippen LogP) is 2.48. The molecule has 1 saturated heterocycles. The Bertz CT molecular complexity index is 694. The summed E-state index contributed by atoms with van der Waals surface area (Å²) in [6.45, 7) is 3.81. The molecule has 6 heteroatoms. The Morgan fingerprint density at radius 2 is 1.69 bits per heavy atom. The first-order valence-electron chi connectivity index (χ1n) is 10.2. The van der Waals surface area contributed by atoms with Crippen LogP contribution >= 0.6 is 0 Å². The van der Waals surface area contributed by atoms with Crippen molar-refractivity contribution in [1.29, 1.82) is 0 Å². The molecule has 3 fully saturated rings. The lowest BCUT2D eigenvalue weighted by Crippen LogP contribution is -2.37. The largest absolute Gasteiger partial charge is 0.310 e. The van der Waals surface area contributed by atoms with E-state index < -0.39 is 10.0 Å². The molecule has 3 aliphatic rings. The summed E-state index contributed by atoms with van der Waals surface area (Å²) < 4.78 is 28.2. The van der Waals surface area contributed by atoms with Crippen molar-refractivity contribution in [2.75, 3.05) is 19.6 Å². The molecule has 0 aromatic heterocycles. The second-order valence-electron chi connectivity index (χ2n) is 8.32. The molecule has 0 spiro atoms. The molecule has 2 aliphatic carbocycles.